The quantitative estimate of drug-likeness (QED) is 0.729. The van der Waals surface area contributed by atoms with E-state index in [0.29, 0.717) is 6.04 Å². The van der Waals surface area contributed by atoms with Gasteiger partial charge in [-0.2, -0.15) is 0 Å². The van der Waals surface area contributed by atoms with Crippen molar-refractivity contribution in [3.63, 3.8) is 0 Å². The van der Waals surface area contributed by atoms with Crippen LogP contribution >= 0.6 is 0 Å². The van der Waals surface area contributed by atoms with Crippen molar-refractivity contribution in [1.82, 2.24) is 9.80 Å². The summed E-state index contributed by atoms with van der Waals surface area (Å²) in [6.07, 6.45) is 1.81. The van der Waals surface area contributed by atoms with Gasteiger partial charge in [-0.1, -0.05) is 0 Å². The van der Waals surface area contributed by atoms with E-state index in [1.165, 1.54) is 0 Å². The molecule has 0 unspecified atom stereocenters. The van der Waals surface area contributed by atoms with E-state index < -0.39 is 5.60 Å². The van der Waals surface area contributed by atoms with Gasteiger partial charge >= 0.3 is 0 Å². The van der Waals surface area contributed by atoms with Crippen LogP contribution in [-0.2, 0) is 0 Å². The van der Waals surface area contributed by atoms with Gasteiger partial charge in [-0.15, -0.1) is 0 Å². The Kier molecular flexibility index (Phi) is 3.93. The smallest absolute Gasteiger partial charge is 0.0798 e. The van der Waals surface area contributed by atoms with Crippen LogP contribution in [0.5, 0.6) is 0 Å². The van der Waals surface area contributed by atoms with E-state index in [9.17, 15) is 5.11 Å². The first-order valence-electron chi connectivity index (χ1n) is 5.54. The first-order valence-corrected chi connectivity index (χ1v) is 5.54. The molecule has 1 fully saturated rings. The fourth-order valence-electron chi connectivity index (χ4n) is 2.20. The molecule has 84 valence electrons. The fourth-order valence-corrected chi connectivity index (χ4v) is 2.20. The molecule has 0 aromatic heterocycles. The minimum Gasteiger partial charge on any atom is -0.388 e. The lowest BCUT2D eigenvalue weighted by Gasteiger charge is -2.41. The summed E-state index contributed by atoms with van der Waals surface area (Å²) >= 11 is 0. The lowest BCUT2D eigenvalue weighted by atomic mass is 9.90. The van der Waals surface area contributed by atoms with E-state index in [1.54, 1.807) is 0 Å². The minimum absolute atomic E-state index is 0.450. The van der Waals surface area contributed by atoms with Crippen molar-refractivity contribution < 1.29 is 5.11 Å². The molecule has 0 saturated carbocycles. The van der Waals surface area contributed by atoms with Crippen LogP contribution < -0.4 is 0 Å². The largest absolute Gasteiger partial charge is 0.388 e. The molecular weight excluding hydrogens is 176 g/mol. The van der Waals surface area contributed by atoms with Gasteiger partial charge in [-0.3, -0.25) is 0 Å². The SMILES string of the molecule is CC(C)N1CCC(O)(CN(C)C)CC1. The van der Waals surface area contributed by atoms with Gasteiger partial charge in [0.05, 0.1) is 5.60 Å². The van der Waals surface area contributed by atoms with Gasteiger partial charge in [0.25, 0.3) is 0 Å². The summed E-state index contributed by atoms with van der Waals surface area (Å²) in [4.78, 5) is 4.51. The van der Waals surface area contributed by atoms with Gasteiger partial charge < -0.3 is 14.9 Å². The summed E-state index contributed by atoms with van der Waals surface area (Å²) in [5, 5.41) is 10.3. The zero-order valence-electron chi connectivity index (χ0n) is 9.95. The van der Waals surface area contributed by atoms with Crippen LogP contribution in [0.25, 0.3) is 0 Å². The molecule has 1 aliphatic heterocycles. The summed E-state index contributed by atoms with van der Waals surface area (Å²) < 4.78 is 0. The lowest BCUT2D eigenvalue weighted by molar-refractivity contribution is -0.0426. The van der Waals surface area contributed by atoms with E-state index >= 15 is 0 Å². The van der Waals surface area contributed by atoms with E-state index in [0.717, 1.165) is 32.5 Å². The Labute approximate surface area is 87.7 Å². The van der Waals surface area contributed by atoms with Crippen molar-refractivity contribution in [2.45, 2.75) is 38.3 Å². The zero-order valence-corrected chi connectivity index (χ0v) is 9.95. The summed E-state index contributed by atoms with van der Waals surface area (Å²) in [6.45, 7) is 7.29. The Balaban J connectivity index is 2.41. The summed E-state index contributed by atoms with van der Waals surface area (Å²) in [6, 6.07) is 0.610. The van der Waals surface area contributed by atoms with E-state index in [-0.39, 0.29) is 0 Å². The number of piperidine rings is 1. The number of aliphatic hydroxyl groups is 1. The maximum Gasteiger partial charge on any atom is 0.0798 e. The monoisotopic (exact) mass is 200 g/mol. The number of hydrogen-bond donors (Lipinski definition) is 1. The van der Waals surface area contributed by atoms with E-state index in [4.69, 9.17) is 0 Å². The van der Waals surface area contributed by atoms with Crippen molar-refractivity contribution in [3.05, 3.63) is 0 Å². The second-order valence-corrected chi connectivity index (χ2v) is 5.09. The Bertz CT molecular complexity index is 172. The van der Waals surface area contributed by atoms with Crippen LogP contribution in [-0.4, -0.2) is 60.3 Å². The first-order chi connectivity index (χ1) is 6.43. The topological polar surface area (TPSA) is 26.7 Å². The van der Waals surface area contributed by atoms with Crippen molar-refractivity contribution in [2.75, 3.05) is 33.7 Å². The highest BCUT2D eigenvalue weighted by Crippen LogP contribution is 2.23. The van der Waals surface area contributed by atoms with E-state index in [2.05, 4.69) is 23.6 Å². The standard InChI is InChI=1S/C11H24N2O/c1-10(2)13-7-5-11(14,6-8-13)9-12(3)4/h10,14H,5-9H2,1-4H3. The van der Waals surface area contributed by atoms with Gasteiger partial charge in [-0.05, 0) is 40.8 Å². The third kappa shape index (κ3) is 3.23. The van der Waals surface area contributed by atoms with Crippen molar-refractivity contribution >= 4 is 0 Å². The van der Waals surface area contributed by atoms with Gasteiger partial charge in [0.1, 0.15) is 0 Å². The average Bonchev–Trinajstić information content (AvgIpc) is 2.02. The fraction of sp³-hybridized carbons (Fsp3) is 1.00. The van der Waals surface area contributed by atoms with Crippen LogP contribution in [0, 0.1) is 0 Å². The van der Waals surface area contributed by atoms with Gasteiger partial charge in [-0.25, -0.2) is 0 Å². The molecule has 0 radical (unpaired) electrons. The molecule has 0 aliphatic carbocycles. The van der Waals surface area contributed by atoms with Gasteiger partial charge in [0.15, 0.2) is 0 Å². The molecule has 3 nitrogen and oxygen atoms in total. The number of nitrogens with zero attached hydrogens (tertiary/aromatic N) is 2. The number of hydrogen-bond acceptors (Lipinski definition) is 3. The highest BCUT2D eigenvalue weighted by molar-refractivity contribution is 4.88. The molecule has 0 aromatic carbocycles. The second-order valence-electron chi connectivity index (χ2n) is 5.09. The minimum atomic E-state index is -0.450. The van der Waals surface area contributed by atoms with Crippen LogP contribution in [0.3, 0.4) is 0 Å². The molecule has 1 saturated heterocycles. The molecular formula is C11H24N2O. The second kappa shape index (κ2) is 4.60. The summed E-state index contributed by atoms with van der Waals surface area (Å²) in [5.41, 5.74) is -0.450. The zero-order chi connectivity index (χ0) is 10.8. The van der Waals surface area contributed by atoms with Crippen LogP contribution in [0.2, 0.25) is 0 Å². The summed E-state index contributed by atoms with van der Waals surface area (Å²) in [5.74, 6) is 0. The van der Waals surface area contributed by atoms with E-state index in [1.807, 2.05) is 14.1 Å². The number of likely N-dealkylation sites (tertiary alicyclic amines) is 1. The molecule has 1 rings (SSSR count). The Morgan fingerprint density at radius 2 is 1.79 bits per heavy atom. The number of rotatable bonds is 3. The van der Waals surface area contributed by atoms with Crippen molar-refractivity contribution in [3.8, 4) is 0 Å². The van der Waals surface area contributed by atoms with Crippen LogP contribution in [0.15, 0.2) is 0 Å². The van der Waals surface area contributed by atoms with Gasteiger partial charge in [0, 0.05) is 25.7 Å². The predicted octanol–water partition coefficient (Wildman–Crippen LogP) is 0.783. The third-order valence-corrected chi connectivity index (χ3v) is 3.07. The van der Waals surface area contributed by atoms with Crippen molar-refractivity contribution in [2.24, 2.45) is 0 Å². The van der Waals surface area contributed by atoms with Crippen LogP contribution in [0.4, 0.5) is 0 Å². The maximum absolute atomic E-state index is 10.3. The molecule has 0 bridgehead atoms. The highest BCUT2D eigenvalue weighted by atomic mass is 16.3. The van der Waals surface area contributed by atoms with Crippen LogP contribution in [0.1, 0.15) is 26.7 Å². The summed E-state index contributed by atoms with van der Waals surface area (Å²) in [7, 11) is 4.04. The molecule has 14 heavy (non-hydrogen) atoms. The maximum atomic E-state index is 10.3. The Morgan fingerprint density at radius 1 is 1.29 bits per heavy atom. The molecule has 3 heteroatoms. The molecule has 1 N–H and O–H groups in total. The number of likely N-dealkylation sites (N-methyl/N-ethyl adjacent to an activating group) is 1. The molecule has 0 amide bonds. The van der Waals surface area contributed by atoms with Gasteiger partial charge in [0.2, 0.25) is 0 Å². The Hall–Kier alpha value is -0.120. The normalized spacial score (nSPS) is 23.4. The molecule has 0 atom stereocenters. The average molecular weight is 200 g/mol. The van der Waals surface area contributed by atoms with Crippen molar-refractivity contribution in [1.29, 1.82) is 0 Å². The highest BCUT2D eigenvalue weighted by Gasteiger charge is 2.33. The molecule has 1 aliphatic rings. The molecule has 0 spiro atoms. The predicted molar refractivity (Wildman–Crippen MR) is 59.4 cm³/mol. The first kappa shape index (κ1) is 12.0. The Morgan fingerprint density at radius 3 is 2.14 bits per heavy atom. The molecule has 0 aromatic rings. The lowest BCUT2D eigenvalue weighted by Crippen LogP contribution is -2.51. The third-order valence-electron chi connectivity index (χ3n) is 3.07. The molecule has 1 heterocycles.